The summed E-state index contributed by atoms with van der Waals surface area (Å²) in [5, 5.41) is 22.0. The zero-order chi connectivity index (χ0) is 42.4. The van der Waals surface area contributed by atoms with Crippen LogP contribution in [0.4, 0.5) is 5.13 Å². The number of hydrogen-bond acceptors (Lipinski definition) is 12. The molecule has 7 rings (SSSR count). The lowest BCUT2D eigenvalue weighted by atomic mass is 9.77. The summed E-state index contributed by atoms with van der Waals surface area (Å²) in [6, 6.07) is 37.7. The first-order chi connectivity index (χ1) is 28.9. The number of carbonyl (C=O) groups excluding carboxylic acids is 3. The van der Waals surface area contributed by atoms with Gasteiger partial charge in [0, 0.05) is 21.9 Å². The number of nitrogens with one attached hydrogen (secondary N) is 2. The van der Waals surface area contributed by atoms with Gasteiger partial charge in [0.2, 0.25) is 0 Å². The van der Waals surface area contributed by atoms with Gasteiger partial charge < -0.3 is 25.3 Å². The maximum atomic E-state index is 14.4. The first-order valence-corrected chi connectivity index (χ1v) is 22.1. The number of β-lactam (4-membered cyclic amide) rings is 1. The number of aliphatic carboxylic acids is 1. The third-order valence-electron chi connectivity index (χ3n) is 9.40. The Balaban J connectivity index is 1.27. The topological polar surface area (TPSA) is 160 Å². The predicted molar refractivity (Wildman–Crippen MR) is 235 cm³/mol. The molecule has 308 valence electrons. The number of thiazole rings is 1. The molecule has 3 heterocycles. The zero-order valence-corrected chi connectivity index (χ0v) is 35.8. The fourth-order valence-corrected chi connectivity index (χ4v) is 9.99. The molecule has 1 aromatic heterocycles. The van der Waals surface area contributed by atoms with Crippen LogP contribution in [0.15, 0.2) is 148 Å². The van der Waals surface area contributed by atoms with Crippen molar-refractivity contribution in [2.45, 2.75) is 53.7 Å². The van der Waals surface area contributed by atoms with Crippen molar-refractivity contribution in [1.82, 2.24) is 15.2 Å². The van der Waals surface area contributed by atoms with Crippen molar-refractivity contribution in [3.05, 3.63) is 160 Å². The number of fused-ring (bicyclic) bond motifs is 1. The second-order valence-corrected chi connectivity index (χ2v) is 18.0. The lowest BCUT2D eigenvalue weighted by molar-refractivity contribution is -0.162. The summed E-state index contributed by atoms with van der Waals surface area (Å²) < 4.78 is 5.67. The van der Waals surface area contributed by atoms with Crippen LogP contribution in [-0.4, -0.2) is 78.5 Å². The number of halogens is 1. The quantitative estimate of drug-likeness (QED) is 0.0138. The summed E-state index contributed by atoms with van der Waals surface area (Å²) >= 11 is 9.58. The van der Waals surface area contributed by atoms with E-state index in [0.29, 0.717) is 15.6 Å². The van der Waals surface area contributed by atoms with Gasteiger partial charge in [-0.05, 0) is 55.2 Å². The molecule has 3 atom stereocenters. The van der Waals surface area contributed by atoms with E-state index in [1.807, 2.05) is 109 Å². The van der Waals surface area contributed by atoms with Gasteiger partial charge in [-0.3, -0.25) is 14.5 Å². The molecule has 5 aromatic rings. The molecule has 1 saturated heterocycles. The van der Waals surface area contributed by atoms with E-state index in [4.69, 9.17) is 26.2 Å². The van der Waals surface area contributed by atoms with Crippen LogP contribution in [0.25, 0.3) is 0 Å². The first kappa shape index (κ1) is 42.5. The first-order valence-electron chi connectivity index (χ1n) is 18.8. The van der Waals surface area contributed by atoms with Crippen LogP contribution in [-0.2, 0) is 34.3 Å². The molecule has 1 fully saturated rings. The number of alkyl halides is 1. The molecule has 2 amide bonds. The van der Waals surface area contributed by atoms with E-state index in [0.717, 1.165) is 33.4 Å². The molecule has 12 nitrogen and oxygen atoms in total. The van der Waals surface area contributed by atoms with Gasteiger partial charge in [-0.1, -0.05) is 126 Å². The maximum Gasteiger partial charge on any atom is 0.361 e. The van der Waals surface area contributed by atoms with Gasteiger partial charge >= 0.3 is 11.9 Å². The van der Waals surface area contributed by atoms with Crippen molar-refractivity contribution in [3.8, 4) is 0 Å². The van der Waals surface area contributed by atoms with Crippen LogP contribution < -0.4 is 10.6 Å². The molecular formula is C44H40ClN5O7S3. The number of ether oxygens (including phenoxy) is 1. The van der Waals surface area contributed by atoms with E-state index < -0.39 is 51.7 Å². The number of aromatic nitrogens is 1. The lowest BCUT2D eigenvalue weighted by Gasteiger charge is -2.49. The summed E-state index contributed by atoms with van der Waals surface area (Å²) in [5.74, 6) is -3.26. The van der Waals surface area contributed by atoms with Gasteiger partial charge in [0.15, 0.2) is 10.8 Å². The van der Waals surface area contributed by atoms with E-state index in [2.05, 4.69) is 15.8 Å². The summed E-state index contributed by atoms with van der Waals surface area (Å²) in [6.07, 6.45) is 0. The number of amides is 2. The highest BCUT2D eigenvalue weighted by molar-refractivity contribution is 8.00. The molecule has 2 aliphatic rings. The van der Waals surface area contributed by atoms with Crippen molar-refractivity contribution in [3.63, 3.8) is 0 Å². The summed E-state index contributed by atoms with van der Waals surface area (Å²) in [4.78, 5) is 66.3. The highest BCUT2D eigenvalue weighted by Crippen LogP contribution is 2.42. The number of nitrogens with zero attached hydrogens (tertiary/aromatic N) is 3. The Bertz CT molecular complexity index is 2320. The Morgan fingerprint density at radius 1 is 0.917 bits per heavy atom. The second-order valence-electron chi connectivity index (χ2n) is 14.6. The van der Waals surface area contributed by atoms with Crippen LogP contribution >= 0.6 is 46.5 Å². The molecule has 3 N–H and O–H groups in total. The number of carboxylic acids is 1. The zero-order valence-electron chi connectivity index (χ0n) is 32.6. The van der Waals surface area contributed by atoms with Crippen LogP contribution in [0.3, 0.4) is 0 Å². The van der Waals surface area contributed by atoms with E-state index in [9.17, 15) is 24.3 Å². The van der Waals surface area contributed by atoms with Gasteiger partial charge in [0.1, 0.15) is 33.9 Å². The number of carbonyl (C=O) groups is 4. The largest absolute Gasteiger partial charge is 0.477 e. The Morgan fingerprint density at radius 2 is 1.47 bits per heavy atom. The highest BCUT2D eigenvalue weighted by atomic mass is 35.5. The van der Waals surface area contributed by atoms with Crippen molar-refractivity contribution in [1.29, 1.82) is 0 Å². The van der Waals surface area contributed by atoms with Crippen molar-refractivity contribution in [2.75, 3.05) is 16.9 Å². The Labute approximate surface area is 364 Å². The molecule has 0 spiro atoms. The van der Waals surface area contributed by atoms with Crippen molar-refractivity contribution in [2.24, 2.45) is 5.16 Å². The van der Waals surface area contributed by atoms with Gasteiger partial charge in [-0.2, -0.15) is 0 Å². The number of anilines is 1. The average Bonchev–Trinajstić information content (AvgIpc) is 3.72. The molecule has 0 unspecified atom stereocenters. The molecule has 60 heavy (non-hydrogen) atoms. The summed E-state index contributed by atoms with van der Waals surface area (Å²) in [7, 11) is 0. The summed E-state index contributed by atoms with van der Waals surface area (Å²) in [6.45, 7) is 5.18. The molecule has 0 aliphatic carbocycles. The summed E-state index contributed by atoms with van der Waals surface area (Å²) in [5.41, 5.74) is -0.386. The number of esters is 1. The molecule has 16 heteroatoms. The number of thioether (sulfide) groups is 2. The third-order valence-corrected chi connectivity index (χ3v) is 12.9. The minimum atomic E-state index is -1.35. The number of carboxylic acid groups (broad SMARTS) is 1. The fourth-order valence-electron chi connectivity index (χ4n) is 6.77. The third kappa shape index (κ3) is 9.09. The SMILES string of the molecule is CC(C)(C)OC(=O)[C@H](ON=C(C(=O)N[C@@H]1C(=O)N2C(C(=O)O)=C(CCl)CS[C@@H]12)c1csc(NC(c2ccccc2)(c2ccccc2)c2ccccc2)n1)Sc1ccccc1. The molecular weight excluding hydrogens is 842 g/mol. The number of oxime groups is 1. The number of benzene rings is 4. The predicted octanol–water partition coefficient (Wildman–Crippen LogP) is 7.71. The van der Waals surface area contributed by atoms with Crippen LogP contribution in [0.5, 0.6) is 0 Å². The van der Waals surface area contributed by atoms with Crippen molar-refractivity contribution >= 4 is 81.1 Å². The molecule has 2 aliphatic heterocycles. The van der Waals surface area contributed by atoms with Crippen LogP contribution in [0.2, 0.25) is 0 Å². The Kier molecular flexibility index (Phi) is 13.0. The van der Waals surface area contributed by atoms with Gasteiger partial charge in [-0.25, -0.2) is 14.6 Å². The Hall–Kier alpha value is -5.61. The lowest BCUT2D eigenvalue weighted by Crippen LogP contribution is -2.71. The Morgan fingerprint density at radius 3 is 1.98 bits per heavy atom. The normalized spacial score (nSPS) is 17.2. The van der Waals surface area contributed by atoms with E-state index in [-0.39, 0.29) is 28.7 Å². The number of hydrogen-bond donors (Lipinski definition) is 3. The molecule has 0 bridgehead atoms. The van der Waals surface area contributed by atoms with E-state index in [1.165, 1.54) is 23.1 Å². The van der Waals surface area contributed by atoms with Gasteiger partial charge in [0.25, 0.3) is 17.3 Å². The van der Waals surface area contributed by atoms with E-state index in [1.54, 1.807) is 38.3 Å². The monoisotopic (exact) mass is 881 g/mol. The highest BCUT2D eigenvalue weighted by Gasteiger charge is 2.54. The average molecular weight is 882 g/mol. The van der Waals surface area contributed by atoms with Gasteiger partial charge in [-0.15, -0.1) is 34.7 Å². The maximum absolute atomic E-state index is 14.4. The fraction of sp³-hybridized carbons (Fsp3) is 0.227. The van der Waals surface area contributed by atoms with Crippen LogP contribution in [0.1, 0.15) is 43.2 Å². The molecule has 0 saturated carbocycles. The van der Waals surface area contributed by atoms with E-state index >= 15 is 0 Å². The minimum Gasteiger partial charge on any atom is -0.477 e. The van der Waals surface area contributed by atoms with Crippen LogP contribution in [0, 0.1) is 0 Å². The molecule has 4 aromatic carbocycles. The van der Waals surface area contributed by atoms with Gasteiger partial charge in [0.05, 0.1) is 0 Å². The minimum absolute atomic E-state index is 0.0591. The molecule has 0 radical (unpaired) electrons. The second kappa shape index (κ2) is 18.3. The smallest absolute Gasteiger partial charge is 0.361 e. The number of rotatable bonds is 15. The standard InChI is InChI=1S/C44H40ClN5O7S3/c1-43(2,3)56-40(55)41(60-31-22-14-7-15-23-31)57-49-33(36(51)47-34-37(52)50-35(39(53)54)27(24-45)25-58-38(34)50)32-26-59-42(46-32)48-44(28-16-8-4-9-17-28,29-18-10-5-11-19-29)30-20-12-6-13-21-30/h4-23,26,34,38,41H,24-25H2,1-3H3,(H,46,48)(H,47,51)(H,53,54)/t34-,38+,41-/m1/s1. The van der Waals surface area contributed by atoms with Crippen molar-refractivity contribution < 1.29 is 33.9 Å².